The van der Waals surface area contributed by atoms with Crippen LogP contribution in [-0.4, -0.2) is 61.7 Å². The van der Waals surface area contributed by atoms with Crippen LogP contribution < -0.4 is 0 Å². The number of carbonyl (C=O) groups excluding carboxylic acids is 2. The van der Waals surface area contributed by atoms with Gasteiger partial charge in [0.15, 0.2) is 0 Å². The molecule has 2 fully saturated rings. The molecular formula is C14H20N4O2S. The van der Waals surface area contributed by atoms with Crippen LogP contribution in [0.2, 0.25) is 0 Å². The molecule has 0 spiro atoms. The van der Waals surface area contributed by atoms with Crippen LogP contribution in [0.4, 0.5) is 0 Å². The van der Waals surface area contributed by atoms with E-state index in [1.807, 2.05) is 21.8 Å². The van der Waals surface area contributed by atoms with Crippen LogP contribution >= 0.6 is 11.8 Å². The van der Waals surface area contributed by atoms with Gasteiger partial charge in [0.25, 0.3) is 0 Å². The maximum Gasteiger partial charge on any atom is 0.246 e. The van der Waals surface area contributed by atoms with Crippen molar-refractivity contribution >= 4 is 23.6 Å². The molecule has 6 nitrogen and oxygen atoms in total. The third-order valence-electron chi connectivity index (χ3n) is 4.19. The van der Waals surface area contributed by atoms with Crippen molar-refractivity contribution in [3.05, 3.63) is 18.5 Å². The first-order chi connectivity index (χ1) is 10.2. The average Bonchev–Trinajstić information content (AvgIpc) is 3.20. The standard InChI is InChI=1S/C14H20N4O2S/c1-11(19)18-10-21-9-13(18)14(20)17-7-2-4-12(17)8-16-6-3-5-15-16/h3,5-6,12-13H,2,4,7-10H2,1H3/t12-,13-/m0/s1. The van der Waals surface area contributed by atoms with Crippen LogP contribution in [0.25, 0.3) is 0 Å². The van der Waals surface area contributed by atoms with E-state index in [2.05, 4.69) is 5.10 Å². The van der Waals surface area contributed by atoms with E-state index in [1.165, 1.54) is 6.92 Å². The van der Waals surface area contributed by atoms with E-state index in [9.17, 15) is 9.59 Å². The topological polar surface area (TPSA) is 58.4 Å². The van der Waals surface area contributed by atoms with E-state index in [1.54, 1.807) is 22.9 Å². The number of hydrogen-bond donors (Lipinski definition) is 0. The van der Waals surface area contributed by atoms with E-state index in [4.69, 9.17) is 0 Å². The molecule has 7 heteroatoms. The van der Waals surface area contributed by atoms with Crippen molar-refractivity contribution in [3.63, 3.8) is 0 Å². The summed E-state index contributed by atoms with van der Waals surface area (Å²) in [6.45, 7) is 3.06. The van der Waals surface area contributed by atoms with E-state index in [0.717, 1.165) is 25.9 Å². The molecule has 2 saturated heterocycles. The highest BCUT2D eigenvalue weighted by molar-refractivity contribution is 7.99. The minimum absolute atomic E-state index is 0.0128. The van der Waals surface area contributed by atoms with Gasteiger partial charge < -0.3 is 9.80 Å². The molecule has 0 N–H and O–H groups in total. The fourth-order valence-electron chi connectivity index (χ4n) is 3.09. The number of aromatic nitrogens is 2. The van der Waals surface area contributed by atoms with Crippen LogP contribution in [0.15, 0.2) is 18.5 Å². The molecule has 21 heavy (non-hydrogen) atoms. The van der Waals surface area contributed by atoms with E-state index >= 15 is 0 Å². The maximum atomic E-state index is 12.8. The molecule has 1 aromatic heterocycles. The smallest absolute Gasteiger partial charge is 0.246 e. The molecule has 2 aliphatic heterocycles. The third kappa shape index (κ3) is 2.92. The highest BCUT2D eigenvalue weighted by Crippen LogP contribution is 2.26. The lowest BCUT2D eigenvalue weighted by molar-refractivity contribution is -0.143. The van der Waals surface area contributed by atoms with Crippen LogP contribution in [0.1, 0.15) is 19.8 Å². The van der Waals surface area contributed by atoms with Gasteiger partial charge in [-0.3, -0.25) is 14.3 Å². The maximum absolute atomic E-state index is 12.8. The largest absolute Gasteiger partial charge is 0.336 e. The molecule has 0 aliphatic carbocycles. The molecule has 0 radical (unpaired) electrons. The zero-order valence-corrected chi connectivity index (χ0v) is 13.0. The van der Waals surface area contributed by atoms with E-state index in [-0.39, 0.29) is 23.9 Å². The third-order valence-corrected chi connectivity index (χ3v) is 5.20. The number of likely N-dealkylation sites (tertiary alicyclic amines) is 1. The van der Waals surface area contributed by atoms with Crippen molar-refractivity contribution in [1.29, 1.82) is 0 Å². The highest BCUT2D eigenvalue weighted by atomic mass is 32.2. The number of amides is 2. The zero-order valence-electron chi connectivity index (χ0n) is 12.1. The molecule has 0 unspecified atom stereocenters. The van der Waals surface area contributed by atoms with Crippen LogP contribution in [0, 0.1) is 0 Å². The van der Waals surface area contributed by atoms with Crippen LogP contribution in [0.3, 0.4) is 0 Å². The Kier molecular flexibility index (Phi) is 4.19. The Bertz CT molecular complexity index is 519. The number of nitrogens with zero attached hydrogens (tertiary/aromatic N) is 4. The molecule has 0 bridgehead atoms. The molecule has 2 aliphatic rings. The van der Waals surface area contributed by atoms with Crippen molar-refractivity contribution in [2.75, 3.05) is 18.2 Å². The lowest BCUT2D eigenvalue weighted by atomic mass is 10.2. The number of rotatable bonds is 3. The van der Waals surface area contributed by atoms with E-state index in [0.29, 0.717) is 11.6 Å². The monoisotopic (exact) mass is 308 g/mol. The Morgan fingerprint density at radius 1 is 1.38 bits per heavy atom. The summed E-state index contributed by atoms with van der Waals surface area (Å²) in [4.78, 5) is 28.1. The summed E-state index contributed by atoms with van der Waals surface area (Å²) in [7, 11) is 0. The SMILES string of the molecule is CC(=O)N1CSC[C@H]1C(=O)N1CCC[C@H]1Cn1cccn1. The molecule has 3 rings (SSSR count). The summed E-state index contributed by atoms with van der Waals surface area (Å²) < 4.78 is 1.88. The first kappa shape index (κ1) is 14.4. The lowest BCUT2D eigenvalue weighted by Crippen LogP contribution is -2.50. The fraction of sp³-hybridized carbons (Fsp3) is 0.643. The van der Waals surface area contributed by atoms with Gasteiger partial charge in [0, 0.05) is 31.6 Å². The van der Waals surface area contributed by atoms with Gasteiger partial charge in [0.2, 0.25) is 11.8 Å². The molecule has 2 atom stereocenters. The predicted octanol–water partition coefficient (Wildman–Crippen LogP) is 0.795. The minimum atomic E-state index is -0.286. The Hall–Kier alpha value is -1.50. The Balaban J connectivity index is 1.69. The Morgan fingerprint density at radius 3 is 2.95 bits per heavy atom. The van der Waals surface area contributed by atoms with Gasteiger partial charge in [-0.1, -0.05) is 0 Å². The van der Waals surface area contributed by atoms with Crippen molar-refractivity contribution in [2.24, 2.45) is 0 Å². The molecule has 3 heterocycles. The van der Waals surface area contributed by atoms with Gasteiger partial charge in [-0.05, 0) is 18.9 Å². The van der Waals surface area contributed by atoms with Gasteiger partial charge in [-0.25, -0.2) is 0 Å². The minimum Gasteiger partial charge on any atom is -0.336 e. The molecule has 114 valence electrons. The van der Waals surface area contributed by atoms with Gasteiger partial charge >= 0.3 is 0 Å². The summed E-state index contributed by atoms with van der Waals surface area (Å²) in [5, 5.41) is 4.22. The lowest BCUT2D eigenvalue weighted by Gasteiger charge is -2.30. The van der Waals surface area contributed by atoms with Gasteiger partial charge in [0.05, 0.1) is 18.5 Å². The van der Waals surface area contributed by atoms with Crippen molar-refractivity contribution in [1.82, 2.24) is 19.6 Å². The van der Waals surface area contributed by atoms with Crippen LogP contribution in [-0.2, 0) is 16.1 Å². The first-order valence-corrected chi connectivity index (χ1v) is 8.45. The van der Waals surface area contributed by atoms with E-state index < -0.39 is 0 Å². The summed E-state index contributed by atoms with van der Waals surface area (Å²) >= 11 is 1.65. The summed E-state index contributed by atoms with van der Waals surface area (Å²) in [6.07, 6.45) is 5.71. The summed E-state index contributed by atoms with van der Waals surface area (Å²) in [5.41, 5.74) is 0. The second kappa shape index (κ2) is 6.09. The summed E-state index contributed by atoms with van der Waals surface area (Å²) in [5.74, 6) is 1.43. The molecular weight excluding hydrogens is 288 g/mol. The average molecular weight is 308 g/mol. The number of hydrogen-bond acceptors (Lipinski definition) is 4. The highest BCUT2D eigenvalue weighted by Gasteiger charge is 2.39. The second-order valence-corrected chi connectivity index (χ2v) is 6.56. The predicted molar refractivity (Wildman–Crippen MR) is 80.6 cm³/mol. The Morgan fingerprint density at radius 2 is 2.24 bits per heavy atom. The summed E-state index contributed by atoms with van der Waals surface area (Å²) in [6, 6.07) is 1.80. The Labute approximate surface area is 128 Å². The van der Waals surface area contributed by atoms with Crippen molar-refractivity contribution in [3.8, 4) is 0 Å². The van der Waals surface area contributed by atoms with Gasteiger partial charge in [-0.15, -0.1) is 11.8 Å². The second-order valence-electron chi connectivity index (χ2n) is 5.56. The van der Waals surface area contributed by atoms with Gasteiger partial charge in [0.1, 0.15) is 6.04 Å². The molecule has 0 aromatic carbocycles. The molecule has 2 amide bonds. The zero-order chi connectivity index (χ0) is 14.8. The number of thioether (sulfide) groups is 1. The molecule has 1 aromatic rings. The fourth-order valence-corrected chi connectivity index (χ4v) is 4.30. The van der Waals surface area contributed by atoms with Crippen molar-refractivity contribution < 1.29 is 9.59 Å². The molecule has 0 saturated carbocycles. The quantitative estimate of drug-likeness (QED) is 0.828. The van der Waals surface area contributed by atoms with Crippen molar-refractivity contribution in [2.45, 2.75) is 38.4 Å². The van der Waals surface area contributed by atoms with Crippen LogP contribution in [0.5, 0.6) is 0 Å². The number of carbonyl (C=O) groups is 2. The normalized spacial score (nSPS) is 25.6. The first-order valence-electron chi connectivity index (χ1n) is 7.29. The van der Waals surface area contributed by atoms with Gasteiger partial charge in [-0.2, -0.15) is 5.10 Å².